The molecule has 0 saturated carbocycles. The molecule has 0 aliphatic carbocycles. The maximum Gasteiger partial charge on any atom is 0.401 e. The molecule has 0 rings (SSSR count). The van der Waals surface area contributed by atoms with E-state index in [-0.39, 0.29) is 6.54 Å². The van der Waals surface area contributed by atoms with Gasteiger partial charge >= 0.3 is 6.05 Å². The molecule has 0 heterocycles. The molecule has 5 nitrogen and oxygen atoms in total. The second kappa shape index (κ2) is 3.72. The van der Waals surface area contributed by atoms with Gasteiger partial charge in [0.1, 0.15) is 0 Å². The lowest BCUT2D eigenvalue weighted by molar-refractivity contribution is -0.144. The van der Waals surface area contributed by atoms with Crippen LogP contribution in [0, 0.1) is 0 Å². The molecule has 62 valence electrons. The van der Waals surface area contributed by atoms with Gasteiger partial charge < -0.3 is 5.32 Å². The number of azide groups is 1. The molecule has 1 N–H and O–H groups in total. The molecule has 0 aromatic carbocycles. The van der Waals surface area contributed by atoms with Crippen molar-refractivity contribution in [2.75, 3.05) is 6.54 Å². The molecule has 0 atom stereocenters. The summed E-state index contributed by atoms with van der Waals surface area (Å²) in [5.74, 6) is -1.59. The fourth-order valence-corrected chi connectivity index (χ4v) is 0.368. The van der Waals surface area contributed by atoms with E-state index in [9.17, 15) is 13.6 Å². The number of carbonyl (C=O) groups is 1. The van der Waals surface area contributed by atoms with E-state index in [1.54, 1.807) is 0 Å². The van der Waals surface area contributed by atoms with Gasteiger partial charge in [-0.05, 0) is 17.6 Å². The highest BCUT2D eigenvalue weighted by atomic mass is 19.3. The quantitative estimate of drug-likeness (QED) is 0.287. The van der Waals surface area contributed by atoms with Gasteiger partial charge in [0, 0.05) is 11.5 Å². The lowest BCUT2D eigenvalue weighted by Gasteiger charge is -2.07. The number of alkyl halides is 2. The molecule has 0 aromatic heterocycles. The minimum absolute atomic E-state index is 0.0649. The molecule has 0 fully saturated rings. The highest BCUT2D eigenvalue weighted by Gasteiger charge is 2.36. The number of likely N-dealkylation sites (N-methyl/N-ethyl adjacent to an activating group) is 1. The van der Waals surface area contributed by atoms with Crippen LogP contribution in [-0.4, -0.2) is 18.5 Å². The van der Waals surface area contributed by atoms with Crippen LogP contribution < -0.4 is 5.32 Å². The number of nitrogens with zero attached hydrogens (tertiary/aromatic N) is 3. The van der Waals surface area contributed by atoms with Crippen molar-refractivity contribution < 1.29 is 13.6 Å². The van der Waals surface area contributed by atoms with Gasteiger partial charge in [-0.1, -0.05) is 0 Å². The van der Waals surface area contributed by atoms with Crippen LogP contribution in [-0.2, 0) is 4.79 Å². The molecule has 7 heteroatoms. The van der Waals surface area contributed by atoms with Crippen molar-refractivity contribution in [2.24, 2.45) is 5.11 Å². The lowest BCUT2D eigenvalue weighted by atomic mass is 10.5. The lowest BCUT2D eigenvalue weighted by Crippen LogP contribution is -2.38. The largest absolute Gasteiger partial charge is 0.401 e. The van der Waals surface area contributed by atoms with E-state index in [2.05, 4.69) is 0 Å². The van der Waals surface area contributed by atoms with Crippen LogP contribution >= 0.6 is 0 Å². The average Bonchev–Trinajstić information content (AvgIpc) is 1.88. The highest BCUT2D eigenvalue weighted by Crippen LogP contribution is 2.14. The van der Waals surface area contributed by atoms with Gasteiger partial charge in [0.05, 0.1) is 0 Å². The summed E-state index contributed by atoms with van der Waals surface area (Å²) >= 11 is 0. The van der Waals surface area contributed by atoms with Crippen LogP contribution in [0.4, 0.5) is 8.78 Å². The molecule has 0 saturated heterocycles. The van der Waals surface area contributed by atoms with E-state index in [1.807, 2.05) is 15.3 Å². The van der Waals surface area contributed by atoms with Gasteiger partial charge in [0.15, 0.2) is 0 Å². The third-order valence-electron chi connectivity index (χ3n) is 0.781. The summed E-state index contributed by atoms with van der Waals surface area (Å²) in [6.07, 6.45) is 0. The van der Waals surface area contributed by atoms with Crippen molar-refractivity contribution in [2.45, 2.75) is 13.0 Å². The number of carbonyl (C=O) groups excluding carboxylic acids is 1. The van der Waals surface area contributed by atoms with Gasteiger partial charge in [0.2, 0.25) is 0 Å². The van der Waals surface area contributed by atoms with Crippen molar-refractivity contribution >= 4 is 5.91 Å². The molecule has 1 amide bonds. The van der Waals surface area contributed by atoms with E-state index < -0.39 is 12.0 Å². The maximum absolute atomic E-state index is 12.2. The van der Waals surface area contributed by atoms with Crippen molar-refractivity contribution in [3.05, 3.63) is 10.4 Å². The van der Waals surface area contributed by atoms with E-state index in [1.165, 1.54) is 6.92 Å². The molecular weight excluding hydrogens is 158 g/mol. The van der Waals surface area contributed by atoms with Crippen molar-refractivity contribution in [3.63, 3.8) is 0 Å². The smallest absolute Gasteiger partial charge is 0.351 e. The maximum atomic E-state index is 12.2. The third-order valence-corrected chi connectivity index (χ3v) is 0.781. The van der Waals surface area contributed by atoms with E-state index in [4.69, 9.17) is 5.53 Å². The van der Waals surface area contributed by atoms with E-state index >= 15 is 0 Å². The monoisotopic (exact) mass is 164 g/mol. The zero-order chi connectivity index (χ0) is 8.91. The Bertz CT molecular complexity index is 198. The fourth-order valence-electron chi connectivity index (χ4n) is 0.368. The predicted octanol–water partition coefficient (Wildman–Crippen LogP) is 1.03. The number of halogens is 2. The molecule has 0 aliphatic rings. The van der Waals surface area contributed by atoms with Crippen molar-refractivity contribution in [3.8, 4) is 0 Å². The first kappa shape index (κ1) is 9.64. The highest BCUT2D eigenvalue weighted by molar-refractivity contribution is 5.82. The number of rotatable bonds is 3. The van der Waals surface area contributed by atoms with E-state index in [0.717, 1.165) is 0 Å². The average molecular weight is 164 g/mol. The Morgan fingerprint density at radius 3 is 2.73 bits per heavy atom. The molecule has 0 aromatic rings. The standard InChI is InChI=1S/C4H6F2N4O/c1-2-8-3(11)4(5,6)9-10-7/h2H2,1H3,(H,8,11). The fraction of sp³-hybridized carbons (Fsp3) is 0.750. The van der Waals surface area contributed by atoms with Crippen molar-refractivity contribution in [1.82, 2.24) is 5.32 Å². The first-order chi connectivity index (χ1) is 5.04. The molecule has 0 bridgehead atoms. The molecule has 0 spiro atoms. The summed E-state index contributed by atoms with van der Waals surface area (Å²) in [7, 11) is 0. The van der Waals surface area contributed by atoms with Crippen LogP contribution in [0.3, 0.4) is 0 Å². The molecule has 0 radical (unpaired) electrons. The van der Waals surface area contributed by atoms with Gasteiger partial charge in [-0.3, -0.25) is 4.79 Å². The Morgan fingerprint density at radius 1 is 1.82 bits per heavy atom. The Balaban J connectivity index is 4.29. The third kappa shape index (κ3) is 2.81. The zero-order valence-corrected chi connectivity index (χ0v) is 5.71. The Labute approximate surface area is 61.0 Å². The topological polar surface area (TPSA) is 77.9 Å². The van der Waals surface area contributed by atoms with Gasteiger partial charge in [-0.15, -0.1) is 0 Å². The molecule has 0 aliphatic heterocycles. The van der Waals surface area contributed by atoms with Crippen LogP contribution in [0.5, 0.6) is 0 Å². The van der Waals surface area contributed by atoms with Gasteiger partial charge in [-0.25, -0.2) is 0 Å². The number of hydrogen-bond donors (Lipinski definition) is 1. The number of amides is 1. The summed E-state index contributed by atoms with van der Waals surface area (Å²) in [5, 5.41) is 3.83. The second-order valence-corrected chi connectivity index (χ2v) is 1.59. The number of hydrogen-bond acceptors (Lipinski definition) is 2. The summed E-state index contributed by atoms with van der Waals surface area (Å²) in [4.78, 5) is 12.2. The minimum atomic E-state index is -3.98. The number of nitrogens with one attached hydrogen (secondary N) is 1. The predicted molar refractivity (Wildman–Crippen MR) is 32.8 cm³/mol. The minimum Gasteiger partial charge on any atom is -0.351 e. The van der Waals surface area contributed by atoms with Gasteiger partial charge in [-0.2, -0.15) is 8.78 Å². The zero-order valence-electron chi connectivity index (χ0n) is 5.71. The second-order valence-electron chi connectivity index (χ2n) is 1.59. The summed E-state index contributed by atoms with van der Waals surface area (Å²) < 4.78 is 24.3. The summed E-state index contributed by atoms with van der Waals surface area (Å²) in [6, 6.07) is -3.98. The van der Waals surface area contributed by atoms with Gasteiger partial charge in [0.25, 0.3) is 5.91 Å². The van der Waals surface area contributed by atoms with Crippen LogP contribution in [0.15, 0.2) is 5.11 Å². The van der Waals surface area contributed by atoms with Crippen molar-refractivity contribution in [1.29, 1.82) is 0 Å². The normalized spacial score (nSPS) is 10.1. The van der Waals surface area contributed by atoms with Crippen LogP contribution in [0.2, 0.25) is 0 Å². The van der Waals surface area contributed by atoms with Crippen LogP contribution in [0.1, 0.15) is 6.92 Å². The van der Waals surface area contributed by atoms with Crippen LogP contribution in [0.25, 0.3) is 10.4 Å². The van der Waals surface area contributed by atoms with E-state index in [0.29, 0.717) is 0 Å². The Hall–Kier alpha value is -1.36. The molecule has 0 unspecified atom stereocenters. The summed E-state index contributed by atoms with van der Waals surface area (Å²) in [6.45, 7) is 1.54. The molecule has 11 heavy (non-hydrogen) atoms. The SMILES string of the molecule is CCNC(=O)C(F)(F)N=[N+]=[N-]. The Morgan fingerprint density at radius 2 is 2.36 bits per heavy atom. The first-order valence-corrected chi connectivity index (χ1v) is 2.77. The Kier molecular flexibility index (Phi) is 3.26. The first-order valence-electron chi connectivity index (χ1n) is 2.77. The molecular formula is C4H6F2N4O. The summed E-state index contributed by atoms with van der Waals surface area (Å²) in [5.41, 5.74) is 7.62.